The number of carbonyl (C=O) groups is 2. The van der Waals surface area contributed by atoms with Crippen LogP contribution in [0.15, 0.2) is 42.5 Å². The second kappa shape index (κ2) is 6.74. The van der Waals surface area contributed by atoms with Gasteiger partial charge in [-0.05, 0) is 47.9 Å². The number of amides is 2. The maximum Gasteiger partial charge on any atom is 0.251 e. The topological polar surface area (TPSA) is 61.4 Å². The molecule has 1 aliphatic rings. The minimum atomic E-state index is -0.0708. The number of rotatable bonds is 4. The van der Waals surface area contributed by atoms with Gasteiger partial charge in [0.15, 0.2) is 0 Å². The minimum Gasteiger partial charge on any atom is -0.367 e. The first kappa shape index (κ1) is 16.1. The van der Waals surface area contributed by atoms with Crippen molar-refractivity contribution >= 4 is 23.2 Å². The van der Waals surface area contributed by atoms with Crippen molar-refractivity contribution in [2.75, 3.05) is 23.8 Å². The molecule has 0 fully saturated rings. The Labute approximate surface area is 141 Å². The summed E-state index contributed by atoms with van der Waals surface area (Å²) in [5.74, 6) is -0.125. The first-order valence-electron chi connectivity index (χ1n) is 8.03. The van der Waals surface area contributed by atoms with Crippen LogP contribution in [0.5, 0.6) is 0 Å². The SMILES string of the molecule is CNC(=O)c1ccc(CN2CCc3cc(NC(C)=O)ccc32)cc1. The highest BCUT2D eigenvalue weighted by Gasteiger charge is 2.19. The fourth-order valence-corrected chi connectivity index (χ4v) is 3.04. The van der Waals surface area contributed by atoms with E-state index in [0.29, 0.717) is 5.56 Å². The largest absolute Gasteiger partial charge is 0.367 e. The molecule has 2 aromatic carbocycles. The molecule has 0 unspecified atom stereocenters. The highest BCUT2D eigenvalue weighted by atomic mass is 16.2. The van der Waals surface area contributed by atoms with Crippen LogP contribution in [-0.2, 0) is 17.8 Å². The van der Waals surface area contributed by atoms with Crippen molar-refractivity contribution in [1.82, 2.24) is 5.32 Å². The Morgan fingerprint density at radius 1 is 1.12 bits per heavy atom. The second-order valence-corrected chi connectivity index (χ2v) is 5.97. The van der Waals surface area contributed by atoms with Gasteiger partial charge in [-0.25, -0.2) is 0 Å². The molecule has 24 heavy (non-hydrogen) atoms. The summed E-state index contributed by atoms with van der Waals surface area (Å²) in [7, 11) is 1.63. The normalized spacial score (nSPS) is 12.7. The monoisotopic (exact) mass is 323 g/mol. The molecule has 2 amide bonds. The van der Waals surface area contributed by atoms with Crippen LogP contribution in [0, 0.1) is 0 Å². The van der Waals surface area contributed by atoms with Gasteiger partial charge in [0.05, 0.1) is 0 Å². The van der Waals surface area contributed by atoms with Gasteiger partial charge in [0.25, 0.3) is 5.91 Å². The Morgan fingerprint density at radius 2 is 1.88 bits per heavy atom. The van der Waals surface area contributed by atoms with Crippen LogP contribution in [0.25, 0.3) is 0 Å². The number of benzene rings is 2. The molecule has 0 spiro atoms. The van der Waals surface area contributed by atoms with E-state index in [1.165, 1.54) is 23.7 Å². The van der Waals surface area contributed by atoms with Gasteiger partial charge in [-0.2, -0.15) is 0 Å². The molecule has 1 heterocycles. The number of nitrogens with zero attached hydrogens (tertiary/aromatic N) is 1. The van der Waals surface area contributed by atoms with Gasteiger partial charge < -0.3 is 15.5 Å². The van der Waals surface area contributed by atoms with Gasteiger partial charge in [-0.3, -0.25) is 9.59 Å². The van der Waals surface area contributed by atoms with Crippen molar-refractivity contribution in [2.45, 2.75) is 19.9 Å². The molecule has 0 radical (unpaired) electrons. The average Bonchev–Trinajstić information content (AvgIpc) is 2.96. The third-order valence-electron chi connectivity index (χ3n) is 4.21. The Balaban J connectivity index is 1.72. The van der Waals surface area contributed by atoms with Crippen LogP contribution in [0.1, 0.15) is 28.4 Å². The second-order valence-electron chi connectivity index (χ2n) is 5.97. The lowest BCUT2D eigenvalue weighted by atomic mass is 10.1. The van der Waals surface area contributed by atoms with Crippen molar-refractivity contribution in [3.8, 4) is 0 Å². The van der Waals surface area contributed by atoms with Crippen molar-refractivity contribution < 1.29 is 9.59 Å². The predicted octanol–water partition coefficient (Wildman–Crippen LogP) is 2.57. The molecule has 0 atom stereocenters. The van der Waals surface area contributed by atoms with E-state index in [1.807, 2.05) is 36.4 Å². The van der Waals surface area contributed by atoms with E-state index in [9.17, 15) is 9.59 Å². The summed E-state index contributed by atoms with van der Waals surface area (Å²) >= 11 is 0. The Bertz CT molecular complexity index is 769. The smallest absolute Gasteiger partial charge is 0.251 e. The molecule has 0 saturated carbocycles. The molecule has 0 bridgehead atoms. The lowest BCUT2D eigenvalue weighted by Crippen LogP contribution is -2.20. The third kappa shape index (κ3) is 3.40. The quantitative estimate of drug-likeness (QED) is 0.909. The number of nitrogens with one attached hydrogen (secondary N) is 2. The van der Waals surface area contributed by atoms with Gasteiger partial charge in [-0.1, -0.05) is 12.1 Å². The number of hydrogen-bond acceptors (Lipinski definition) is 3. The first-order chi connectivity index (χ1) is 11.6. The van der Waals surface area contributed by atoms with Crippen LogP contribution >= 0.6 is 0 Å². The van der Waals surface area contributed by atoms with E-state index in [-0.39, 0.29) is 11.8 Å². The number of fused-ring (bicyclic) bond motifs is 1. The Hall–Kier alpha value is -2.82. The van der Waals surface area contributed by atoms with E-state index in [4.69, 9.17) is 0 Å². The summed E-state index contributed by atoms with van der Waals surface area (Å²) in [5, 5.41) is 5.45. The zero-order chi connectivity index (χ0) is 17.1. The molecule has 5 nitrogen and oxygen atoms in total. The van der Waals surface area contributed by atoms with Crippen molar-refractivity contribution in [3.05, 3.63) is 59.2 Å². The van der Waals surface area contributed by atoms with E-state index < -0.39 is 0 Å². The summed E-state index contributed by atoms with van der Waals surface area (Å²) in [6.07, 6.45) is 0.971. The van der Waals surface area contributed by atoms with Crippen molar-refractivity contribution in [2.24, 2.45) is 0 Å². The van der Waals surface area contributed by atoms with Gasteiger partial charge in [0, 0.05) is 44.0 Å². The molecule has 124 valence electrons. The summed E-state index contributed by atoms with van der Waals surface area (Å²) in [6, 6.07) is 13.7. The molecular formula is C19H21N3O2. The molecule has 0 aliphatic carbocycles. The van der Waals surface area contributed by atoms with Crippen LogP contribution < -0.4 is 15.5 Å². The van der Waals surface area contributed by atoms with Crippen molar-refractivity contribution in [1.29, 1.82) is 0 Å². The highest BCUT2D eigenvalue weighted by molar-refractivity contribution is 5.94. The number of anilines is 2. The van der Waals surface area contributed by atoms with E-state index in [0.717, 1.165) is 25.2 Å². The summed E-state index contributed by atoms with van der Waals surface area (Å²) in [4.78, 5) is 25.1. The number of hydrogen-bond donors (Lipinski definition) is 2. The standard InChI is InChI=1S/C19H21N3O2/c1-13(23)21-17-7-8-18-16(11-17)9-10-22(18)12-14-3-5-15(6-4-14)19(24)20-2/h3-8,11H,9-10,12H2,1-2H3,(H,20,24)(H,21,23). The summed E-state index contributed by atoms with van der Waals surface area (Å²) in [6.45, 7) is 3.28. The molecular weight excluding hydrogens is 302 g/mol. The molecule has 5 heteroatoms. The van der Waals surface area contributed by atoms with E-state index in [2.05, 4.69) is 21.6 Å². The predicted molar refractivity (Wildman–Crippen MR) is 95.3 cm³/mol. The minimum absolute atomic E-state index is 0.0546. The van der Waals surface area contributed by atoms with Gasteiger partial charge in [0.1, 0.15) is 0 Å². The molecule has 3 rings (SSSR count). The zero-order valence-corrected chi connectivity index (χ0v) is 13.9. The van der Waals surface area contributed by atoms with Gasteiger partial charge in [-0.15, -0.1) is 0 Å². The van der Waals surface area contributed by atoms with E-state index in [1.54, 1.807) is 7.05 Å². The summed E-state index contributed by atoms with van der Waals surface area (Å²) in [5.41, 5.74) is 5.14. The molecule has 0 saturated heterocycles. The molecule has 0 aromatic heterocycles. The van der Waals surface area contributed by atoms with Gasteiger partial charge in [0.2, 0.25) is 5.91 Å². The summed E-state index contributed by atoms with van der Waals surface area (Å²) < 4.78 is 0. The molecule has 1 aliphatic heterocycles. The maximum atomic E-state index is 11.6. The van der Waals surface area contributed by atoms with Crippen LogP contribution in [0.3, 0.4) is 0 Å². The van der Waals surface area contributed by atoms with E-state index >= 15 is 0 Å². The lowest BCUT2D eigenvalue weighted by Gasteiger charge is -2.20. The maximum absolute atomic E-state index is 11.6. The molecule has 2 aromatic rings. The van der Waals surface area contributed by atoms with Crippen LogP contribution in [0.2, 0.25) is 0 Å². The first-order valence-corrected chi connectivity index (χ1v) is 8.03. The van der Waals surface area contributed by atoms with Crippen LogP contribution in [0.4, 0.5) is 11.4 Å². The van der Waals surface area contributed by atoms with Crippen LogP contribution in [-0.4, -0.2) is 25.4 Å². The Morgan fingerprint density at radius 3 is 2.54 bits per heavy atom. The lowest BCUT2D eigenvalue weighted by molar-refractivity contribution is -0.114. The fraction of sp³-hybridized carbons (Fsp3) is 0.263. The highest BCUT2D eigenvalue weighted by Crippen LogP contribution is 2.31. The zero-order valence-electron chi connectivity index (χ0n) is 13.9. The number of carbonyl (C=O) groups excluding carboxylic acids is 2. The molecule has 2 N–H and O–H groups in total. The Kier molecular flexibility index (Phi) is 4.51. The third-order valence-corrected chi connectivity index (χ3v) is 4.21. The average molecular weight is 323 g/mol. The van der Waals surface area contributed by atoms with Crippen molar-refractivity contribution in [3.63, 3.8) is 0 Å². The van der Waals surface area contributed by atoms with Gasteiger partial charge >= 0.3 is 0 Å². The fourth-order valence-electron chi connectivity index (χ4n) is 3.04.